The number of carbonyl (C=O) groups excluding carboxylic acids is 2. The molecule has 0 heterocycles. The summed E-state index contributed by atoms with van der Waals surface area (Å²) >= 11 is 0. The molecule has 3 rings (SSSR count). The molecular weight excluding hydrogens is 457 g/mol. The maximum atomic E-state index is 13.3. The first-order chi connectivity index (χ1) is 16.0. The van der Waals surface area contributed by atoms with Crippen molar-refractivity contribution in [3.8, 4) is 11.1 Å². The summed E-state index contributed by atoms with van der Waals surface area (Å²) < 4.78 is 44.3. The van der Waals surface area contributed by atoms with Gasteiger partial charge in [-0.15, -0.1) is 0 Å². The van der Waals surface area contributed by atoms with Gasteiger partial charge in [0.25, 0.3) is 5.91 Å². The van der Waals surface area contributed by atoms with Crippen molar-refractivity contribution in [1.82, 2.24) is 0 Å². The molecule has 0 unspecified atom stereocenters. The summed E-state index contributed by atoms with van der Waals surface area (Å²) in [5.74, 6) is -1.23. The number of carbonyl (C=O) groups is 2. The van der Waals surface area contributed by atoms with Crippen LogP contribution in [0.15, 0.2) is 82.6 Å². The third-order valence-electron chi connectivity index (χ3n) is 4.80. The van der Waals surface area contributed by atoms with Gasteiger partial charge in [0.1, 0.15) is 5.60 Å². The van der Waals surface area contributed by atoms with Gasteiger partial charge in [-0.2, -0.15) is 0 Å². The van der Waals surface area contributed by atoms with E-state index in [1.807, 2.05) is 0 Å². The van der Waals surface area contributed by atoms with E-state index in [-0.39, 0.29) is 16.2 Å². The van der Waals surface area contributed by atoms with E-state index >= 15 is 0 Å². The van der Waals surface area contributed by atoms with E-state index in [0.29, 0.717) is 11.3 Å². The molecule has 0 fully saturated rings. The summed E-state index contributed by atoms with van der Waals surface area (Å²) in [5, 5.41) is 2.42. The van der Waals surface area contributed by atoms with Gasteiger partial charge in [-0.25, -0.2) is 12.8 Å². The van der Waals surface area contributed by atoms with E-state index < -0.39 is 34.0 Å². The number of benzene rings is 3. The highest BCUT2D eigenvalue weighted by Gasteiger charge is 2.24. The summed E-state index contributed by atoms with van der Waals surface area (Å²) in [6.07, 6.45) is -0.157. The van der Waals surface area contributed by atoms with Crippen molar-refractivity contribution < 1.29 is 27.1 Å². The summed E-state index contributed by atoms with van der Waals surface area (Å²) in [6, 6.07) is 19.5. The molecule has 3 aromatic carbocycles. The first-order valence-corrected chi connectivity index (χ1v) is 12.1. The lowest BCUT2D eigenvalue weighted by Gasteiger charge is -2.20. The van der Waals surface area contributed by atoms with Crippen LogP contribution >= 0.6 is 0 Å². The molecule has 0 atom stereocenters. The Balaban J connectivity index is 1.83. The topological polar surface area (TPSA) is 89.5 Å². The zero-order valence-corrected chi connectivity index (χ0v) is 20.0. The van der Waals surface area contributed by atoms with Crippen molar-refractivity contribution in [2.45, 2.75) is 42.6 Å². The summed E-state index contributed by atoms with van der Waals surface area (Å²) in [5.41, 5.74) is 1.73. The number of hydrogen-bond donors (Lipinski definition) is 1. The smallest absolute Gasteiger partial charge is 0.310 e. The molecule has 178 valence electrons. The fraction of sp³-hybridized carbons (Fsp3) is 0.231. The third kappa shape index (κ3) is 6.29. The maximum absolute atomic E-state index is 13.3. The molecule has 0 aliphatic heterocycles. The highest BCUT2D eigenvalue weighted by atomic mass is 32.2. The summed E-state index contributed by atoms with van der Waals surface area (Å²) in [4.78, 5) is 23.6. The van der Waals surface area contributed by atoms with Crippen LogP contribution in [0.2, 0.25) is 0 Å². The number of anilines is 1. The van der Waals surface area contributed by atoms with E-state index in [1.54, 1.807) is 75.4 Å². The van der Waals surface area contributed by atoms with Gasteiger partial charge in [0, 0.05) is 5.69 Å². The molecule has 34 heavy (non-hydrogen) atoms. The van der Waals surface area contributed by atoms with Crippen molar-refractivity contribution in [2.24, 2.45) is 0 Å². The number of ether oxygens (including phenoxy) is 1. The van der Waals surface area contributed by atoms with E-state index in [1.165, 1.54) is 18.2 Å². The fourth-order valence-electron chi connectivity index (χ4n) is 3.34. The summed E-state index contributed by atoms with van der Waals surface area (Å²) in [7, 11) is -3.87. The monoisotopic (exact) mass is 483 g/mol. The average Bonchev–Trinajstić information content (AvgIpc) is 2.78. The number of halogens is 1. The number of amides is 1. The molecular formula is C26H26FNO5S. The quantitative estimate of drug-likeness (QED) is 0.479. The molecule has 0 aliphatic carbocycles. The molecule has 0 spiro atoms. The van der Waals surface area contributed by atoms with Crippen LogP contribution in [-0.4, -0.2) is 32.6 Å². The van der Waals surface area contributed by atoms with Crippen LogP contribution in [-0.2, 0) is 30.6 Å². The number of rotatable bonds is 7. The van der Waals surface area contributed by atoms with Crippen molar-refractivity contribution in [3.63, 3.8) is 0 Å². The van der Waals surface area contributed by atoms with Gasteiger partial charge in [-0.05, 0) is 67.8 Å². The van der Waals surface area contributed by atoms with Crippen LogP contribution in [0.1, 0.15) is 26.3 Å². The molecule has 3 aromatic rings. The highest BCUT2D eigenvalue weighted by Crippen LogP contribution is 2.28. The SMILES string of the molecule is CC(C)(C)OC(=O)Cc1ccccc1S(=O)(=O)c1ccc(-c2ccc(NC(=O)CF)cc2)cc1. The Labute approximate surface area is 198 Å². The predicted octanol–water partition coefficient (Wildman–Crippen LogP) is 4.98. The average molecular weight is 484 g/mol. The lowest BCUT2D eigenvalue weighted by molar-refractivity contribution is -0.153. The number of hydrogen-bond acceptors (Lipinski definition) is 5. The fourth-order valence-corrected chi connectivity index (χ4v) is 4.83. The number of esters is 1. The Hall–Kier alpha value is -3.52. The zero-order chi connectivity index (χ0) is 24.9. The Morgan fingerprint density at radius 2 is 1.44 bits per heavy atom. The van der Waals surface area contributed by atoms with Gasteiger partial charge in [0.15, 0.2) is 6.67 Å². The minimum Gasteiger partial charge on any atom is -0.460 e. The lowest BCUT2D eigenvalue weighted by atomic mass is 10.1. The van der Waals surface area contributed by atoms with Crippen LogP contribution < -0.4 is 5.32 Å². The van der Waals surface area contributed by atoms with Crippen LogP contribution in [0.3, 0.4) is 0 Å². The second-order valence-corrected chi connectivity index (χ2v) is 10.6. The summed E-state index contributed by atoms with van der Waals surface area (Å²) in [6.45, 7) is 4.16. The van der Waals surface area contributed by atoms with E-state index in [2.05, 4.69) is 5.32 Å². The van der Waals surface area contributed by atoms with Gasteiger partial charge < -0.3 is 10.1 Å². The van der Waals surface area contributed by atoms with Crippen LogP contribution in [0.25, 0.3) is 11.1 Å². The molecule has 1 N–H and O–H groups in total. The Morgan fingerprint density at radius 1 is 0.882 bits per heavy atom. The Morgan fingerprint density at radius 3 is 2.00 bits per heavy atom. The maximum Gasteiger partial charge on any atom is 0.310 e. The third-order valence-corrected chi connectivity index (χ3v) is 6.67. The zero-order valence-electron chi connectivity index (χ0n) is 19.2. The number of alkyl halides is 1. The van der Waals surface area contributed by atoms with Crippen molar-refractivity contribution >= 4 is 27.4 Å². The highest BCUT2D eigenvalue weighted by molar-refractivity contribution is 7.91. The standard InChI is InChI=1S/C26H26FNO5S/c1-26(2,3)33-25(30)16-20-6-4-5-7-23(20)34(31,32)22-14-10-19(11-15-22)18-8-12-21(13-9-18)28-24(29)17-27/h4-15H,16-17H2,1-3H3,(H,28,29). The second kappa shape index (κ2) is 10.2. The molecule has 6 nitrogen and oxygen atoms in total. The molecule has 0 radical (unpaired) electrons. The molecule has 0 saturated heterocycles. The second-order valence-electron chi connectivity index (χ2n) is 8.66. The van der Waals surface area contributed by atoms with Gasteiger partial charge in [-0.1, -0.05) is 42.5 Å². The predicted molar refractivity (Wildman–Crippen MR) is 128 cm³/mol. The molecule has 0 aliphatic rings. The van der Waals surface area contributed by atoms with Gasteiger partial charge in [0.05, 0.1) is 16.2 Å². The minimum absolute atomic E-state index is 0.0570. The van der Waals surface area contributed by atoms with Crippen molar-refractivity contribution in [3.05, 3.63) is 78.4 Å². The van der Waals surface area contributed by atoms with E-state index in [9.17, 15) is 22.4 Å². The van der Waals surface area contributed by atoms with Crippen LogP contribution in [0, 0.1) is 0 Å². The Kier molecular flexibility index (Phi) is 7.51. The number of nitrogens with one attached hydrogen (secondary N) is 1. The van der Waals surface area contributed by atoms with Gasteiger partial charge in [0.2, 0.25) is 9.84 Å². The van der Waals surface area contributed by atoms with Crippen LogP contribution in [0.4, 0.5) is 10.1 Å². The van der Waals surface area contributed by atoms with Crippen LogP contribution in [0.5, 0.6) is 0 Å². The molecule has 8 heteroatoms. The van der Waals surface area contributed by atoms with E-state index in [0.717, 1.165) is 11.1 Å². The molecule has 0 bridgehead atoms. The molecule has 0 aromatic heterocycles. The normalized spacial score (nSPS) is 11.6. The molecule has 1 amide bonds. The van der Waals surface area contributed by atoms with E-state index in [4.69, 9.17) is 4.74 Å². The molecule has 0 saturated carbocycles. The van der Waals surface area contributed by atoms with Gasteiger partial charge >= 0.3 is 5.97 Å². The first-order valence-electron chi connectivity index (χ1n) is 10.6. The van der Waals surface area contributed by atoms with Crippen molar-refractivity contribution in [1.29, 1.82) is 0 Å². The first kappa shape index (κ1) is 25.1. The minimum atomic E-state index is -3.87. The lowest BCUT2D eigenvalue weighted by Crippen LogP contribution is -2.25. The van der Waals surface area contributed by atoms with Crippen molar-refractivity contribution in [2.75, 3.05) is 12.0 Å². The van der Waals surface area contributed by atoms with Gasteiger partial charge in [-0.3, -0.25) is 9.59 Å². The Bertz CT molecular complexity index is 1280. The largest absolute Gasteiger partial charge is 0.460 e. The number of sulfone groups is 1.